The molecule has 6 rings (SSSR count). The van der Waals surface area contributed by atoms with Gasteiger partial charge >= 0.3 is 6.03 Å². The van der Waals surface area contributed by atoms with Gasteiger partial charge in [0.15, 0.2) is 0 Å². The van der Waals surface area contributed by atoms with Gasteiger partial charge in [-0.25, -0.2) is 9.48 Å². The molecule has 2 aliphatic rings. The second-order valence-electron chi connectivity index (χ2n) is 13.8. The number of rotatable bonds is 8. The molecule has 2 atom stereocenters. The highest BCUT2D eigenvalue weighted by atomic mass is 35.5. The van der Waals surface area contributed by atoms with Crippen molar-refractivity contribution in [3.63, 3.8) is 0 Å². The number of fused-ring (bicyclic) bond motifs is 1. The number of piperidine rings is 1. The van der Waals surface area contributed by atoms with E-state index in [2.05, 4.69) is 36.3 Å². The Morgan fingerprint density at radius 1 is 0.959 bits per heavy atom. The maximum absolute atomic E-state index is 13.5. The summed E-state index contributed by atoms with van der Waals surface area (Å²) in [6, 6.07) is 17.8. The van der Waals surface area contributed by atoms with Crippen molar-refractivity contribution in [3.8, 4) is 5.75 Å². The molecule has 0 radical (unpaired) electrons. The summed E-state index contributed by atoms with van der Waals surface area (Å²) in [6.45, 7) is 10.2. The van der Waals surface area contributed by atoms with Gasteiger partial charge in [-0.1, -0.05) is 80.7 Å². The van der Waals surface area contributed by atoms with Crippen LogP contribution in [0.4, 0.5) is 10.6 Å². The first-order valence-electron chi connectivity index (χ1n) is 16.9. The van der Waals surface area contributed by atoms with E-state index in [1.807, 2.05) is 35.0 Å². The number of halogens is 2. The van der Waals surface area contributed by atoms with Gasteiger partial charge in [-0.3, -0.25) is 20.7 Å². The fraction of sp³-hybridized carbons (Fsp3) is 0.405. The van der Waals surface area contributed by atoms with Crippen LogP contribution in [0.15, 0.2) is 66.9 Å². The number of hydrogen-bond acceptors (Lipinski definition) is 6. The van der Waals surface area contributed by atoms with Crippen LogP contribution in [-0.4, -0.2) is 50.7 Å². The zero-order valence-corrected chi connectivity index (χ0v) is 29.7. The first-order chi connectivity index (χ1) is 23.5. The standard InChI is InChI=1S/C37H44Cl2N8O2/c1-37(2,3)31-22-33(47(44-31)21-20-45-18-7-4-8-19-45)43-36(48)42-29-15-16-30(26-11-6-5-10-25(26)29)49-24-14-17-32(40)46(23-24)35(41)34-27(38)12-9-13-28(34)39/h5-6,9-14,17,22-23,29-30,40-41H,4,7-8,15-16,18-21H2,1-3H3,(H2,42,43,48). The Hall–Kier alpha value is -4.12. The van der Waals surface area contributed by atoms with Gasteiger partial charge in [-0.15, -0.1) is 0 Å². The summed E-state index contributed by atoms with van der Waals surface area (Å²) in [4.78, 5) is 16.0. The maximum atomic E-state index is 13.5. The molecule has 1 saturated heterocycles. The lowest BCUT2D eigenvalue weighted by molar-refractivity contribution is 0.171. The summed E-state index contributed by atoms with van der Waals surface area (Å²) >= 11 is 12.7. The molecule has 1 aliphatic heterocycles. The van der Waals surface area contributed by atoms with Crippen molar-refractivity contribution in [2.45, 2.75) is 77.0 Å². The number of aromatic nitrogens is 3. The van der Waals surface area contributed by atoms with Crippen molar-refractivity contribution >= 4 is 40.9 Å². The molecule has 0 saturated carbocycles. The van der Waals surface area contributed by atoms with E-state index in [4.69, 9.17) is 43.9 Å². The van der Waals surface area contributed by atoms with Gasteiger partial charge in [0, 0.05) is 18.0 Å². The summed E-state index contributed by atoms with van der Waals surface area (Å²) in [5.74, 6) is 1.17. The molecule has 10 nitrogen and oxygen atoms in total. The number of likely N-dealkylation sites (tertiary alicyclic amines) is 1. The van der Waals surface area contributed by atoms with Crippen LogP contribution in [0.3, 0.4) is 0 Å². The van der Waals surface area contributed by atoms with Crippen molar-refractivity contribution in [2.24, 2.45) is 0 Å². The van der Waals surface area contributed by atoms with Gasteiger partial charge in [-0.05, 0) is 74.2 Å². The summed E-state index contributed by atoms with van der Waals surface area (Å²) in [6.07, 6.45) is 6.40. The van der Waals surface area contributed by atoms with Gasteiger partial charge < -0.3 is 15.0 Å². The zero-order chi connectivity index (χ0) is 34.7. The van der Waals surface area contributed by atoms with Gasteiger partial charge in [0.25, 0.3) is 0 Å². The predicted octanol–water partition coefficient (Wildman–Crippen LogP) is 7.90. The van der Waals surface area contributed by atoms with Crippen LogP contribution in [-0.2, 0) is 12.0 Å². The Balaban J connectivity index is 1.16. The molecular formula is C37H44Cl2N8O2. The molecule has 2 amide bonds. The summed E-state index contributed by atoms with van der Waals surface area (Å²) in [5, 5.41) is 29.1. The fourth-order valence-corrected chi connectivity index (χ4v) is 7.13. The molecule has 3 heterocycles. The number of amides is 2. The number of carbonyl (C=O) groups excluding carboxylic acids is 1. The quantitative estimate of drug-likeness (QED) is 0.110. The van der Waals surface area contributed by atoms with Crippen molar-refractivity contribution in [1.29, 1.82) is 10.8 Å². The lowest BCUT2D eigenvalue weighted by Crippen LogP contribution is -2.36. The number of hydrogen-bond donors (Lipinski definition) is 4. The van der Waals surface area contributed by atoms with E-state index < -0.39 is 0 Å². The molecule has 4 N–H and O–H groups in total. The summed E-state index contributed by atoms with van der Waals surface area (Å²) < 4.78 is 9.82. The average Bonchev–Trinajstić information content (AvgIpc) is 3.49. The third kappa shape index (κ3) is 8.03. The largest absolute Gasteiger partial charge is 0.484 e. The molecule has 2 aromatic heterocycles. The third-order valence-electron chi connectivity index (χ3n) is 9.25. The van der Waals surface area contributed by atoms with Crippen LogP contribution >= 0.6 is 23.2 Å². The molecule has 258 valence electrons. The summed E-state index contributed by atoms with van der Waals surface area (Å²) in [7, 11) is 0. The van der Waals surface area contributed by atoms with E-state index in [0.29, 0.717) is 46.6 Å². The van der Waals surface area contributed by atoms with Crippen molar-refractivity contribution in [3.05, 3.63) is 105 Å². The molecule has 4 aromatic rings. The smallest absolute Gasteiger partial charge is 0.320 e. The van der Waals surface area contributed by atoms with Crippen LogP contribution in [0.2, 0.25) is 10.0 Å². The number of ether oxygens (including phenoxy) is 1. The molecule has 0 spiro atoms. The molecular weight excluding hydrogens is 659 g/mol. The highest BCUT2D eigenvalue weighted by Gasteiger charge is 2.30. The van der Waals surface area contributed by atoms with Crippen molar-refractivity contribution < 1.29 is 9.53 Å². The van der Waals surface area contributed by atoms with E-state index in [1.165, 1.54) is 23.8 Å². The Morgan fingerprint density at radius 3 is 2.39 bits per heavy atom. The Bertz CT molecular complexity index is 1870. The van der Waals surface area contributed by atoms with E-state index in [0.717, 1.165) is 36.5 Å². The number of benzene rings is 2. The van der Waals surface area contributed by atoms with Crippen LogP contribution in [0.1, 0.15) is 87.4 Å². The number of carbonyl (C=O) groups is 1. The molecule has 1 aliphatic carbocycles. The van der Waals surface area contributed by atoms with Gasteiger partial charge in [-0.2, -0.15) is 5.10 Å². The first kappa shape index (κ1) is 34.7. The average molecular weight is 704 g/mol. The monoisotopic (exact) mass is 702 g/mol. The minimum atomic E-state index is -0.286. The van der Waals surface area contributed by atoms with Crippen LogP contribution < -0.4 is 20.9 Å². The van der Waals surface area contributed by atoms with Gasteiger partial charge in [0.1, 0.15) is 29.0 Å². The van der Waals surface area contributed by atoms with E-state index in [1.54, 1.807) is 36.5 Å². The number of nitrogens with zero attached hydrogens (tertiary/aromatic N) is 4. The minimum Gasteiger partial charge on any atom is -0.484 e. The van der Waals surface area contributed by atoms with Gasteiger partial charge in [0.2, 0.25) is 0 Å². The molecule has 12 heteroatoms. The third-order valence-corrected chi connectivity index (χ3v) is 9.88. The summed E-state index contributed by atoms with van der Waals surface area (Å²) in [5.41, 5.74) is 3.19. The normalized spacial score (nSPS) is 18.1. The second kappa shape index (κ2) is 14.8. The lowest BCUT2D eigenvalue weighted by Gasteiger charge is -2.32. The van der Waals surface area contributed by atoms with E-state index >= 15 is 0 Å². The highest BCUT2D eigenvalue weighted by Crippen LogP contribution is 2.39. The Kier molecular flexibility index (Phi) is 10.5. The number of nitrogens with one attached hydrogen (secondary N) is 4. The number of anilines is 1. The zero-order valence-electron chi connectivity index (χ0n) is 28.2. The van der Waals surface area contributed by atoms with Crippen molar-refractivity contribution in [2.75, 3.05) is 25.0 Å². The van der Waals surface area contributed by atoms with Crippen LogP contribution in [0.25, 0.3) is 0 Å². The lowest BCUT2D eigenvalue weighted by atomic mass is 9.85. The highest BCUT2D eigenvalue weighted by molar-refractivity contribution is 6.40. The molecule has 49 heavy (non-hydrogen) atoms. The SMILES string of the molecule is CC(C)(C)c1cc(NC(=O)NC2CCC(Oc3ccc(=N)n(C(=N)c4c(Cl)cccc4Cl)c3)c3ccccc32)n(CCN2CCCCC2)n1. The Labute approximate surface area is 297 Å². The van der Waals surface area contributed by atoms with Crippen LogP contribution in [0.5, 0.6) is 5.75 Å². The van der Waals surface area contributed by atoms with E-state index in [9.17, 15) is 4.79 Å². The van der Waals surface area contributed by atoms with E-state index in [-0.39, 0.29) is 34.9 Å². The first-order valence-corrected chi connectivity index (χ1v) is 17.7. The minimum absolute atomic E-state index is 0.0205. The molecule has 1 fully saturated rings. The fourth-order valence-electron chi connectivity index (χ4n) is 6.55. The van der Waals surface area contributed by atoms with Gasteiger partial charge in [0.05, 0.1) is 40.1 Å². The molecule has 2 unspecified atom stereocenters. The van der Waals surface area contributed by atoms with Crippen molar-refractivity contribution in [1.82, 2.24) is 24.6 Å². The topological polar surface area (TPSA) is 124 Å². The molecule has 0 bridgehead atoms. The molecule has 2 aromatic carbocycles. The number of urea groups is 1. The Morgan fingerprint density at radius 2 is 1.67 bits per heavy atom. The maximum Gasteiger partial charge on any atom is 0.320 e. The van der Waals surface area contributed by atoms with Crippen LogP contribution in [0, 0.1) is 10.8 Å². The second-order valence-corrected chi connectivity index (χ2v) is 14.6. The predicted molar refractivity (Wildman–Crippen MR) is 194 cm³/mol. The number of pyridine rings is 1.